The lowest BCUT2D eigenvalue weighted by Crippen LogP contribution is -2.28. The van der Waals surface area contributed by atoms with Crippen molar-refractivity contribution in [1.82, 2.24) is 4.90 Å². The van der Waals surface area contributed by atoms with Gasteiger partial charge < -0.3 is 10.0 Å². The molecule has 1 unspecified atom stereocenters. The normalized spacial score (nSPS) is 21.0. The second-order valence-electron chi connectivity index (χ2n) is 4.73. The van der Waals surface area contributed by atoms with Crippen molar-refractivity contribution in [3.63, 3.8) is 0 Å². The van der Waals surface area contributed by atoms with E-state index >= 15 is 0 Å². The van der Waals surface area contributed by atoms with E-state index < -0.39 is 47.2 Å². The van der Waals surface area contributed by atoms with Crippen molar-refractivity contribution in [1.29, 1.82) is 0 Å². The van der Waals surface area contributed by atoms with Crippen molar-refractivity contribution < 1.29 is 24.4 Å². The highest BCUT2D eigenvalue weighted by Crippen LogP contribution is 2.35. The summed E-state index contributed by atoms with van der Waals surface area (Å²) in [5.41, 5.74) is -1.23. The van der Waals surface area contributed by atoms with Crippen molar-refractivity contribution in [2.24, 2.45) is 0 Å². The first-order valence-corrected chi connectivity index (χ1v) is 6.99. The number of amides is 1. The van der Waals surface area contributed by atoms with E-state index in [-0.39, 0.29) is 10.0 Å². The van der Waals surface area contributed by atoms with Gasteiger partial charge in [-0.1, -0.05) is 22.0 Å². The van der Waals surface area contributed by atoms with Crippen molar-refractivity contribution in [3.8, 4) is 0 Å². The predicted molar refractivity (Wildman–Crippen MR) is 75.3 cm³/mol. The van der Waals surface area contributed by atoms with Gasteiger partial charge in [0.05, 0.1) is 13.5 Å². The maximum atomic E-state index is 13.9. The Hall–Kier alpha value is -1.86. The van der Waals surface area contributed by atoms with E-state index in [4.69, 9.17) is 1.37 Å². The minimum absolute atomic E-state index is 0.166. The molecule has 0 saturated heterocycles. The first kappa shape index (κ1) is 13.8. The van der Waals surface area contributed by atoms with Gasteiger partial charge in [0.25, 0.3) is 5.91 Å². The van der Waals surface area contributed by atoms with Crippen LogP contribution in [0.2, 0.25) is 0 Å². The van der Waals surface area contributed by atoms with Crippen LogP contribution in [0.4, 0.5) is 13.2 Å². The fourth-order valence-electron chi connectivity index (χ4n) is 2.33. The summed E-state index contributed by atoms with van der Waals surface area (Å²) in [4.78, 5) is 12.8. The van der Waals surface area contributed by atoms with Crippen molar-refractivity contribution in [2.75, 3.05) is 0 Å². The molecule has 2 aromatic rings. The molecule has 0 spiro atoms. The van der Waals surface area contributed by atoms with E-state index in [9.17, 15) is 23.1 Å². The topological polar surface area (TPSA) is 40.5 Å². The summed E-state index contributed by atoms with van der Waals surface area (Å²) in [6, 6.07) is 5.49. The van der Waals surface area contributed by atoms with E-state index in [1.54, 1.807) is 0 Å². The number of hydrogen-bond acceptors (Lipinski definition) is 2. The number of carbonyl (C=O) groups excluding carboxylic acids is 1. The molecule has 3 nitrogen and oxygen atoms in total. The van der Waals surface area contributed by atoms with E-state index in [0.717, 1.165) is 18.2 Å². The summed E-state index contributed by atoms with van der Waals surface area (Å²) < 4.78 is 49.8. The summed E-state index contributed by atoms with van der Waals surface area (Å²) in [6.45, 7) is -0.710. The van der Waals surface area contributed by atoms with Gasteiger partial charge in [-0.15, -0.1) is 0 Å². The Morgan fingerprint density at radius 3 is 2.45 bits per heavy atom. The smallest absolute Gasteiger partial charge is 0.257 e. The molecule has 0 radical (unpaired) electrons. The van der Waals surface area contributed by atoms with Crippen molar-refractivity contribution >= 4 is 21.8 Å². The SMILES string of the molecule is [2H]C1(O)c2c(F)cccc2C(=O)N1Cc1c(F)cc(Br)cc1F. The molecule has 3 rings (SSSR count). The Kier molecular flexibility index (Phi) is 3.38. The van der Waals surface area contributed by atoms with Gasteiger partial charge in [-0.25, -0.2) is 13.2 Å². The van der Waals surface area contributed by atoms with E-state index in [0.29, 0.717) is 4.90 Å². The molecule has 1 N–H and O–H groups in total. The monoisotopic (exact) mass is 372 g/mol. The zero-order chi connectivity index (χ0) is 16.9. The number of carbonyl (C=O) groups is 1. The molecule has 0 bridgehead atoms. The molecular formula is C15H9BrF3NO2. The molecule has 0 saturated carbocycles. The average Bonchev–Trinajstić information content (AvgIpc) is 2.63. The number of rotatable bonds is 2. The number of fused-ring (bicyclic) bond motifs is 1. The van der Waals surface area contributed by atoms with Crippen LogP contribution in [-0.4, -0.2) is 15.9 Å². The number of benzene rings is 2. The second-order valence-corrected chi connectivity index (χ2v) is 5.64. The first-order chi connectivity index (χ1) is 10.7. The van der Waals surface area contributed by atoms with Crippen molar-refractivity contribution in [2.45, 2.75) is 12.7 Å². The highest BCUT2D eigenvalue weighted by atomic mass is 79.9. The maximum absolute atomic E-state index is 13.9. The summed E-state index contributed by atoms with van der Waals surface area (Å²) in [5, 5.41) is 10.2. The molecule has 22 heavy (non-hydrogen) atoms. The van der Waals surface area contributed by atoms with E-state index in [1.807, 2.05) is 0 Å². The summed E-state index contributed by atoms with van der Waals surface area (Å²) in [5.74, 6) is -3.71. The third-order valence-corrected chi connectivity index (χ3v) is 3.85. The van der Waals surface area contributed by atoms with E-state index in [1.165, 1.54) is 12.1 Å². The molecule has 114 valence electrons. The number of halogens is 4. The molecule has 1 atom stereocenters. The highest BCUT2D eigenvalue weighted by molar-refractivity contribution is 9.10. The Morgan fingerprint density at radius 1 is 1.23 bits per heavy atom. The van der Waals surface area contributed by atoms with Gasteiger partial charge >= 0.3 is 0 Å². The van der Waals surface area contributed by atoms with Gasteiger partial charge in [0, 0.05) is 15.6 Å². The van der Waals surface area contributed by atoms with Gasteiger partial charge in [0.15, 0.2) is 6.20 Å². The van der Waals surface area contributed by atoms with Crippen LogP contribution >= 0.6 is 15.9 Å². The van der Waals surface area contributed by atoms with Gasteiger partial charge in [0.1, 0.15) is 17.5 Å². The fourth-order valence-corrected chi connectivity index (χ4v) is 2.74. The standard InChI is InChI=1S/C15H9BrF3NO2/c16-7-4-11(18)9(12(19)5-7)6-20-14(21)8-2-1-3-10(17)13(8)15(20)22/h1-5,15,22H,6H2/i15D. The average molecular weight is 373 g/mol. The lowest BCUT2D eigenvalue weighted by atomic mass is 10.1. The zero-order valence-corrected chi connectivity index (χ0v) is 12.5. The van der Waals surface area contributed by atoms with Crippen LogP contribution in [0.5, 0.6) is 0 Å². The molecule has 0 aliphatic carbocycles. The highest BCUT2D eigenvalue weighted by Gasteiger charge is 2.38. The second kappa shape index (κ2) is 5.40. The van der Waals surface area contributed by atoms with Crippen LogP contribution < -0.4 is 0 Å². The Bertz CT molecular complexity index is 805. The molecule has 0 fully saturated rings. The third kappa shape index (κ3) is 2.30. The Morgan fingerprint density at radius 2 is 1.86 bits per heavy atom. The van der Waals surface area contributed by atoms with E-state index in [2.05, 4.69) is 15.9 Å². The lowest BCUT2D eigenvalue weighted by Gasteiger charge is -2.21. The zero-order valence-electron chi connectivity index (χ0n) is 11.9. The van der Waals surface area contributed by atoms with Crippen LogP contribution in [0.15, 0.2) is 34.8 Å². The van der Waals surface area contributed by atoms with Crippen LogP contribution in [0.25, 0.3) is 0 Å². The molecule has 2 aromatic carbocycles. The molecule has 7 heteroatoms. The molecule has 0 aromatic heterocycles. The van der Waals surface area contributed by atoms with Gasteiger partial charge in [-0.3, -0.25) is 4.79 Å². The predicted octanol–water partition coefficient (Wildman–Crippen LogP) is 3.51. The van der Waals surface area contributed by atoms with Gasteiger partial charge in [-0.05, 0) is 24.3 Å². The number of hydrogen-bond donors (Lipinski definition) is 1. The third-order valence-electron chi connectivity index (χ3n) is 3.39. The van der Waals surface area contributed by atoms with Gasteiger partial charge in [-0.2, -0.15) is 0 Å². The summed E-state index contributed by atoms with van der Waals surface area (Å²) in [7, 11) is 0. The quantitative estimate of drug-likeness (QED) is 0.876. The Balaban J connectivity index is 2.06. The van der Waals surface area contributed by atoms with Crippen LogP contribution in [0.3, 0.4) is 0 Å². The first-order valence-electron chi connectivity index (χ1n) is 6.70. The van der Waals surface area contributed by atoms with Gasteiger partial charge in [0.2, 0.25) is 0 Å². The molecule has 1 amide bonds. The van der Waals surface area contributed by atoms with Crippen LogP contribution in [0, 0.1) is 17.5 Å². The fraction of sp³-hybridized carbons (Fsp3) is 0.133. The minimum Gasteiger partial charge on any atom is -0.369 e. The van der Waals surface area contributed by atoms with Crippen LogP contribution in [-0.2, 0) is 6.54 Å². The number of aliphatic hydroxyl groups is 1. The summed E-state index contributed by atoms with van der Waals surface area (Å²) in [6.07, 6.45) is -2.75. The molecule has 1 heterocycles. The molecule has 1 aliphatic rings. The molecular weight excluding hydrogens is 363 g/mol. The molecule has 1 aliphatic heterocycles. The lowest BCUT2D eigenvalue weighted by molar-refractivity contribution is 0.0115. The maximum Gasteiger partial charge on any atom is 0.257 e. The number of nitrogens with zero attached hydrogens (tertiary/aromatic N) is 1. The minimum atomic E-state index is -2.75. The summed E-state index contributed by atoms with van der Waals surface area (Å²) >= 11 is 2.93. The largest absolute Gasteiger partial charge is 0.369 e. The van der Waals surface area contributed by atoms with Crippen molar-refractivity contribution in [3.05, 3.63) is 68.9 Å². The Labute approximate surface area is 133 Å². The van der Waals surface area contributed by atoms with Crippen LogP contribution in [0.1, 0.15) is 29.1 Å².